The van der Waals surface area contributed by atoms with Crippen molar-refractivity contribution in [1.82, 2.24) is 29.7 Å². The molecule has 0 aliphatic rings. The number of carboxylic acid groups (broad SMARTS) is 1. The van der Waals surface area contributed by atoms with Crippen LogP contribution in [0.1, 0.15) is 35.4 Å². The Morgan fingerprint density at radius 1 is 1.16 bits per heavy atom. The van der Waals surface area contributed by atoms with Crippen molar-refractivity contribution in [3.63, 3.8) is 0 Å². The molecule has 37 heavy (non-hydrogen) atoms. The molecule has 0 bridgehead atoms. The first-order valence-corrected chi connectivity index (χ1v) is 10.9. The van der Waals surface area contributed by atoms with Gasteiger partial charge in [-0.25, -0.2) is 9.78 Å². The largest absolute Gasteiger partial charge is 0.481 e. The van der Waals surface area contributed by atoms with E-state index in [1.165, 1.54) is 37.5 Å². The fourth-order valence-electron chi connectivity index (χ4n) is 3.39. The molecule has 0 spiro atoms. The van der Waals surface area contributed by atoms with Gasteiger partial charge in [0.25, 0.3) is 5.97 Å². The number of carboxylic acids is 1. The van der Waals surface area contributed by atoms with Crippen LogP contribution < -0.4 is 20.9 Å². The van der Waals surface area contributed by atoms with Crippen LogP contribution in [0.3, 0.4) is 0 Å². The Morgan fingerprint density at radius 3 is 2.30 bits per heavy atom. The van der Waals surface area contributed by atoms with Gasteiger partial charge in [0.15, 0.2) is 5.82 Å². The predicted molar refractivity (Wildman–Crippen MR) is 133 cm³/mol. The van der Waals surface area contributed by atoms with Crippen LogP contribution in [0.15, 0.2) is 59.8 Å². The molecular weight excluding hydrogens is 480 g/mol. The van der Waals surface area contributed by atoms with E-state index in [9.17, 15) is 4.79 Å². The molecule has 4 rings (SSSR count). The summed E-state index contributed by atoms with van der Waals surface area (Å²) in [6.45, 7) is 1.08. The third-order valence-corrected chi connectivity index (χ3v) is 5.06. The lowest BCUT2D eigenvalue weighted by Crippen LogP contribution is -2.17. The van der Waals surface area contributed by atoms with Crippen molar-refractivity contribution in [2.75, 3.05) is 14.2 Å². The maximum atomic E-state index is 12.7. The average molecular weight is 507 g/mol. The van der Waals surface area contributed by atoms with Gasteiger partial charge in [-0.2, -0.15) is 9.67 Å². The topological polar surface area (TPSA) is 195 Å². The number of aromatic nitrogens is 6. The number of nitrogens with one attached hydrogen (secondary N) is 2. The van der Waals surface area contributed by atoms with Crippen molar-refractivity contribution in [1.29, 1.82) is 5.41 Å². The number of ether oxygens (including phenoxy) is 2. The zero-order chi connectivity index (χ0) is 26.9. The summed E-state index contributed by atoms with van der Waals surface area (Å²) in [7, 11) is 3.04. The van der Waals surface area contributed by atoms with E-state index in [4.69, 9.17) is 30.5 Å². The minimum absolute atomic E-state index is 0.00579. The quantitative estimate of drug-likeness (QED) is 0.201. The standard InChI is InChI=1S/C22H22N8O3.C2H4O2/c1-32-18-10-15(11-19(27-18)33-2)16(9-13-3-5-14(6-4-13)20(23)24)21-28-22(31)30(29-21)17-12-25-7-8-26-17;1-2(3)4/h3-8,10-12,16H,9H2,1-2H3,(H3,23,24)(H,28,29,31);1H3,(H,3,4). The molecule has 5 N–H and O–H groups in total. The Balaban J connectivity index is 0.000000886. The van der Waals surface area contributed by atoms with Crippen molar-refractivity contribution in [2.24, 2.45) is 5.73 Å². The number of hydrogen-bond donors (Lipinski definition) is 4. The number of nitrogens with zero attached hydrogens (tertiary/aromatic N) is 5. The first-order valence-electron chi connectivity index (χ1n) is 10.9. The van der Waals surface area contributed by atoms with Gasteiger partial charge in [0.1, 0.15) is 11.7 Å². The Bertz CT molecular complexity index is 1390. The Hall–Kier alpha value is -5.07. The van der Waals surface area contributed by atoms with E-state index in [1.54, 1.807) is 24.3 Å². The van der Waals surface area contributed by atoms with Crippen LogP contribution in [0.5, 0.6) is 11.8 Å². The van der Waals surface area contributed by atoms with Crippen LogP contribution in [0, 0.1) is 5.41 Å². The molecular formula is C24H26N8O5. The molecule has 0 aliphatic heterocycles. The zero-order valence-electron chi connectivity index (χ0n) is 20.4. The number of pyridine rings is 1. The molecule has 1 unspecified atom stereocenters. The minimum atomic E-state index is -0.833. The average Bonchev–Trinajstić information content (AvgIpc) is 3.28. The SMILES string of the molecule is CC(=O)O.COc1cc(C(Cc2ccc(C(=N)N)cc2)c2nn(-c3cnccn3)c(=O)[nH]2)cc(OC)n1. The van der Waals surface area contributed by atoms with Crippen molar-refractivity contribution in [3.05, 3.63) is 88.0 Å². The highest BCUT2D eigenvalue weighted by atomic mass is 16.5. The molecule has 1 atom stereocenters. The van der Waals surface area contributed by atoms with Gasteiger partial charge in [0.2, 0.25) is 11.8 Å². The summed E-state index contributed by atoms with van der Waals surface area (Å²) in [6, 6.07) is 10.9. The van der Waals surface area contributed by atoms with Gasteiger partial charge in [-0.3, -0.25) is 20.2 Å². The van der Waals surface area contributed by atoms with Crippen LogP contribution in [0.25, 0.3) is 5.82 Å². The van der Waals surface area contributed by atoms with Crippen molar-refractivity contribution in [3.8, 4) is 17.6 Å². The molecule has 0 fully saturated rings. The fourth-order valence-corrected chi connectivity index (χ4v) is 3.39. The highest BCUT2D eigenvalue weighted by Gasteiger charge is 2.23. The summed E-state index contributed by atoms with van der Waals surface area (Å²) < 4.78 is 11.8. The molecule has 4 aromatic rings. The zero-order valence-corrected chi connectivity index (χ0v) is 20.4. The Morgan fingerprint density at radius 2 is 1.78 bits per heavy atom. The van der Waals surface area contributed by atoms with Gasteiger partial charge in [0, 0.05) is 42.9 Å². The van der Waals surface area contributed by atoms with Gasteiger partial charge in [-0.15, -0.1) is 5.10 Å². The molecule has 192 valence electrons. The number of nitrogens with two attached hydrogens (primary N) is 1. The Labute approximate surface area is 211 Å². The van der Waals surface area contributed by atoms with Gasteiger partial charge in [-0.05, 0) is 17.5 Å². The fraction of sp³-hybridized carbons (Fsp3) is 0.208. The van der Waals surface area contributed by atoms with Crippen LogP contribution in [-0.4, -0.2) is 60.8 Å². The van der Waals surface area contributed by atoms with E-state index >= 15 is 0 Å². The van der Waals surface area contributed by atoms with Gasteiger partial charge in [0.05, 0.1) is 20.4 Å². The van der Waals surface area contributed by atoms with Crippen LogP contribution in [0.4, 0.5) is 0 Å². The molecule has 0 radical (unpaired) electrons. The van der Waals surface area contributed by atoms with Gasteiger partial charge in [-0.1, -0.05) is 24.3 Å². The van der Waals surface area contributed by atoms with Gasteiger partial charge >= 0.3 is 5.69 Å². The number of carbonyl (C=O) groups is 1. The lowest BCUT2D eigenvalue weighted by atomic mass is 9.91. The van der Waals surface area contributed by atoms with Crippen molar-refractivity contribution >= 4 is 11.8 Å². The highest BCUT2D eigenvalue weighted by Crippen LogP contribution is 2.30. The maximum absolute atomic E-state index is 12.7. The van der Waals surface area contributed by atoms with Crippen molar-refractivity contribution < 1.29 is 19.4 Å². The molecule has 0 saturated carbocycles. The van der Waals surface area contributed by atoms with Crippen molar-refractivity contribution in [2.45, 2.75) is 19.3 Å². The molecule has 0 saturated heterocycles. The molecule has 0 amide bonds. The second kappa shape index (κ2) is 12.1. The normalized spacial score (nSPS) is 11.1. The van der Waals surface area contributed by atoms with E-state index in [1.807, 2.05) is 12.1 Å². The second-order valence-corrected chi connectivity index (χ2v) is 7.66. The summed E-state index contributed by atoms with van der Waals surface area (Å²) in [5, 5.41) is 19.5. The third kappa shape index (κ3) is 6.97. The summed E-state index contributed by atoms with van der Waals surface area (Å²) >= 11 is 0. The highest BCUT2D eigenvalue weighted by molar-refractivity contribution is 5.94. The van der Waals surface area contributed by atoms with E-state index in [0.717, 1.165) is 18.1 Å². The number of amidine groups is 1. The summed E-state index contributed by atoms with van der Waals surface area (Å²) in [6.07, 6.45) is 4.95. The molecule has 1 aromatic carbocycles. The molecule has 13 heteroatoms. The maximum Gasteiger partial charge on any atom is 0.349 e. The smallest absolute Gasteiger partial charge is 0.349 e. The van der Waals surface area contributed by atoms with E-state index in [-0.39, 0.29) is 11.8 Å². The van der Waals surface area contributed by atoms with E-state index in [0.29, 0.717) is 35.4 Å². The third-order valence-electron chi connectivity index (χ3n) is 5.06. The number of aliphatic carboxylic acids is 1. The molecule has 3 heterocycles. The number of nitrogen functional groups attached to an aromatic ring is 1. The van der Waals surface area contributed by atoms with Crippen LogP contribution in [-0.2, 0) is 11.2 Å². The first-order chi connectivity index (χ1) is 17.7. The number of hydrogen-bond acceptors (Lipinski definition) is 9. The molecule has 13 nitrogen and oxygen atoms in total. The van der Waals surface area contributed by atoms with E-state index in [2.05, 4.69) is 25.0 Å². The predicted octanol–water partition coefficient (Wildman–Crippen LogP) is 1.51. The van der Waals surface area contributed by atoms with Crippen LogP contribution in [0.2, 0.25) is 0 Å². The molecule has 0 aliphatic carbocycles. The summed E-state index contributed by atoms with van der Waals surface area (Å²) in [4.78, 5) is 36.9. The molecule has 3 aromatic heterocycles. The lowest BCUT2D eigenvalue weighted by Gasteiger charge is -2.17. The lowest BCUT2D eigenvalue weighted by molar-refractivity contribution is -0.134. The van der Waals surface area contributed by atoms with Gasteiger partial charge < -0.3 is 20.3 Å². The number of methoxy groups -OCH3 is 2. The summed E-state index contributed by atoms with van der Waals surface area (Å²) in [5.41, 5.74) is 7.50. The number of benzene rings is 1. The van der Waals surface area contributed by atoms with Crippen LogP contribution >= 0.6 is 0 Å². The monoisotopic (exact) mass is 506 g/mol. The minimum Gasteiger partial charge on any atom is -0.481 e. The number of aromatic amines is 1. The van der Waals surface area contributed by atoms with E-state index < -0.39 is 11.7 Å². The number of rotatable bonds is 8. The summed E-state index contributed by atoms with van der Waals surface area (Å²) in [5.74, 6) is 0.267. The number of H-pyrrole nitrogens is 1. The first kappa shape index (κ1) is 26.5. The second-order valence-electron chi connectivity index (χ2n) is 7.66. The Kier molecular flexibility index (Phi) is 8.65.